The fourth-order valence-corrected chi connectivity index (χ4v) is 1.98. The molecule has 4 nitrogen and oxygen atoms in total. The van der Waals surface area contributed by atoms with Crippen LogP contribution in [0.3, 0.4) is 0 Å². The van der Waals surface area contributed by atoms with Crippen molar-refractivity contribution >= 4 is 11.7 Å². The van der Waals surface area contributed by atoms with Crippen LogP contribution in [0, 0.1) is 0 Å². The van der Waals surface area contributed by atoms with Crippen molar-refractivity contribution in [1.29, 1.82) is 0 Å². The molecule has 1 aromatic carbocycles. The lowest BCUT2D eigenvalue weighted by Gasteiger charge is -2.45. The average Bonchev–Trinajstić information content (AvgIpc) is 2.34. The third-order valence-electron chi connectivity index (χ3n) is 3.38. The summed E-state index contributed by atoms with van der Waals surface area (Å²) in [6.07, 6.45) is -3.84. The predicted octanol–water partition coefficient (Wildman–Crippen LogP) is 2.69. The van der Waals surface area contributed by atoms with Gasteiger partial charge in [-0.3, -0.25) is 0 Å². The van der Waals surface area contributed by atoms with Gasteiger partial charge in [0.2, 0.25) is 0 Å². The summed E-state index contributed by atoms with van der Waals surface area (Å²) in [4.78, 5) is 13.2. The van der Waals surface area contributed by atoms with Crippen LogP contribution >= 0.6 is 0 Å². The lowest BCUT2D eigenvalue weighted by molar-refractivity contribution is -0.137. The number of likely N-dealkylation sites (tertiary alicyclic amines) is 1. The first kappa shape index (κ1) is 14.6. The Balaban J connectivity index is 1.93. The molecule has 0 unspecified atom stereocenters. The van der Waals surface area contributed by atoms with Crippen LogP contribution in [0.15, 0.2) is 24.3 Å². The second kappa shape index (κ2) is 4.97. The van der Waals surface area contributed by atoms with Crippen LogP contribution in [0.4, 0.5) is 23.7 Å². The van der Waals surface area contributed by atoms with Gasteiger partial charge in [-0.05, 0) is 30.7 Å². The molecule has 20 heavy (non-hydrogen) atoms. The summed E-state index contributed by atoms with van der Waals surface area (Å²) >= 11 is 0. The van der Waals surface area contributed by atoms with Crippen LogP contribution in [0.2, 0.25) is 0 Å². The minimum atomic E-state index is -4.39. The minimum Gasteiger partial charge on any atom is -0.386 e. The molecule has 1 fully saturated rings. The van der Waals surface area contributed by atoms with E-state index in [1.807, 2.05) is 6.92 Å². The van der Waals surface area contributed by atoms with Gasteiger partial charge in [-0.1, -0.05) is 6.92 Å². The van der Waals surface area contributed by atoms with Gasteiger partial charge in [0.25, 0.3) is 0 Å². The highest BCUT2D eigenvalue weighted by molar-refractivity contribution is 5.90. The summed E-state index contributed by atoms with van der Waals surface area (Å²) < 4.78 is 37.1. The summed E-state index contributed by atoms with van der Waals surface area (Å²) in [5.74, 6) is 0. The molecule has 0 atom stereocenters. The Morgan fingerprint density at radius 3 is 2.35 bits per heavy atom. The number of hydrogen-bond donors (Lipinski definition) is 2. The first-order chi connectivity index (χ1) is 9.23. The van der Waals surface area contributed by atoms with E-state index in [-0.39, 0.29) is 18.8 Å². The maximum atomic E-state index is 12.4. The number of rotatable bonds is 2. The second-order valence-corrected chi connectivity index (χ2v) is 4.94. The summed E-state index contributed by atoms with van der Waals surface area (Å²) in [5, 5.41) is 12.3. The van der Waals surface area contributed by atoms with E-state index in [2.05, 4.69) is 5.32 Å². The highest BCUT2D eigenvalue weighted by Gasteiger charge is 2.42. The molecule has 0 spiro atoms. The molecule has 1 aromatic rings. The average molecular weight is 288 g/mol. The van der Waals surface area contributed by atoms with Crippen LogP contribution < -0.4 is 5.32 Å². The third-order valence-corrected chi connectivity index (χ3v) is 3.38. The number of aliphatic hydroxyl groups is 1. The molecule has 2 rings (SSSR count). The number of nitrogens with one attached hydrogen (secondary N) is 1. The first-order valence-electron chi connectivity index (χ1n) is 6.19. The van der Waals surface area contributed by atoms with Gasteiger partial charge in [0.1, 0.15) is 0 Å². The zero-order valence-corrected chi connectivity index (χ0v) is 10.9. The molecule has 0 aliphatic carbocycles. The number of β-amino-alcohol motifs (C(OH)–C–C–N with tert-alkyl or cyclic N) is 1. The van der Waals surface area contributed by atoms with E-state index < -0.39 is 23.4 Å². The molecule has 7 heteroatoms. The number of anilines is 1. The third kappa shape index (κ3) is 3.04. The van der Waals surface area contributed by atoms with Crippen LogP contribution in [-0.4, -0.2) is 34.7 Å². The lowest BCUT2D eigenvalue weighted by atomic mass is 9.92. The number of carbonyl (C=O) groups is 1. The lowest BCUT2D eigenvalue weighted by Crippen LogP contribution is -2.63. The normalized spacial score (nSPS) is 17.6. The smallest absolute Gasteiger partial charge is 0.386 e. The van der Waals surface area contributed by atoms with E-state index in [9.17, 15) is 23.1 Å². The van der Waals surface area contributed by atoms with Crippen LogP contribution in [0.1, 0.15) is 18.9 Å². The van der Waals surface area contributed by atoms with Crippen molar-refractivity contribution < 1.29 is 23.1 Å². The van der Waals surface area contributed by atoms with Crippen molar-refractivity contribution in [2.75, 3.05) is 18.4 Å². The first-order valence-corrected chi connectivity index (χ1v) is 6.19. The summed E-state index contributed by atoms with van der Waals surface area (Å²) in [7, 11) is 0. The number of nitrogens with zero attached hydrogens (tertiary/aromatic N) is 1. The van der Waals surface area contributed by atoms with Crippen molar-refractivity contribution in [2.45, 2.75) is 25.1 Å². The summed E-state index contributed by atoms with van der Waals surface area (Å²) in [6, 6.07) is 3.80. The van der Waals surface area contributed by atoms with Crippen LogP contribution in [0.5, 0.6) is 0 Å². The van der Waals surface area contributed by atoms with Gasteiger partial charge in [-0.25, -0.2) is 4.79 Å². The zero-order valence-electron chi connectivity index (χ0n) is 10.9. The van der Waals surface area contributed by atoms with Crippen LogP contribution in [-0.2, 0) is 6.18 Å². The molecule has 1 saturated heterocycles. The molecule has 0 aromatic heterocycles. The predicted molar refractivity (Wildman–Crippen MR) is 67.3 cm³/mol. The summed E-state index contributed by atoms with van der Waals surface area (Å²) in [6.45, 7) is 2.29. The van der Waals surface area contributed by atoms with Gasteiger partial charge < -0.3 is 15.3 Å². The number of alkyl halides is 3. The number of amides is 2. The minimum absolute atomic E-state index is 0.232. The van der Waals surface area contributed by atoms with E-state index in [0.717, 1.165) is 12.1 Å². The monoisotopic (exact) mass is 288 g/mol. The molecule has 0 saturated carbocycles. The zero-order chi connectivity index (χ0) is 15.0. The fraction of sp³-hybridized carbons (Fsp3) is 0.462. The molecular formula is C13H15F3N2O2. The number of hydrogen-bond acceptors (Lipinski definition) is 2. The molecule has 2 amide bonds. The quantitative estimate of drug-likeness (QED) is 0.879. The van der Waals surface area contributed by atoms with Crippen molar-refractivity contribution in [2.24, 2.45) is 0 Å². The molecule has 0 bridgehead atoms. The van der Waals surface area contributed by atoms with E-state index in [0.29, 0.717) is 6.42 Å². The van der Waals surface area contributed by atoms with Gasteiger partial charge >= 0.3 is 12.2 Å². The number of halogens is 3. The molecule has 1 heterocycles. The maximum absolute atomic E-state index is 12.4. The number of urea groups is 1. The van der Waals surface area contributed by atoms with Gasteiger partial charge in [0.15, 0.2) is 0 Å². The highest BCUT2D eigenvalue weighted by atomic mass is 19.4. The maximum Gasteiger partial charge on any atom is 0.416 e. The van der Waals surface area contributed by atoms with Crippen LogP contribution in [0.25, 0.3) is 0 Å². The van der Waals surface area contributed by atoms with Gasteiger partial charge in [0.05, 0.1) is 24.3 Å². The SMILES string of the molecule is CCC1(O)CN(C(=O)Nc2ccc(C(F)(F)F)cc2)C1. The molecule has 0 radical (unpaired) electrons. The Morgan fingerprint density at radius 2 is 1.90 bits per heavy atom. The Bertz CT molecular complexity index is 493. The topological polar surface area (TPSA) is 52.6 Å². The van der Waals surface area contributed by atoms with E-state index in [1.165, 1.54) is 17.0 Å². The van der Waals surface area contributed by atoms with Crippen molar-refractivity contribution in [1.82, 2.24) is 4.90 Å². The Labute approximate surface area is 114 Å². The molecule has 1 aliphatic heterocycles. The second-order valence-electron chi connectivity index (χ2n) is 4.94. The Kier molecular flexibility index (Phi) is 3.64. The van der Waals surface area contributed by atoms with Crippen molar-refractivity contribution in [3.8, 4) is 0 Å². The number of carbonyl (C=O) groups excluding carboxylic acids is 1. The Hall–Kier alpha value is -1.76. The molecule has 2 N–H and O–H groups in total. The van der Waals surface area contributed by atoms with Gasteiger partial charge in [-0.2, -0.15) is 13.2 Å². The largest absolute Gasteiger partial charge is 0.416 e. The van der Waals surface area contributed by atoms with Crippen molar-refractivity contribution in [3.63, 3.8) is 0 Å². The standard InChI is InChI=1S/C13H15F3N2O2/c1-2-12(20)7-18(8-12)11(19)17-10-5-3-9(4-6-10)13(14,15)16/h3-6,20H,2,7-8H2,1H3,(H,17,19). The van der Waals surface area contributed by atoms with Crippen molar-refractivity contribution in [3.05, 3.63) is 29.8 Å². The molecule has 110 valence electrons. The number of benzene rings is 1. The van der Waals surface area contributed by atoms with E-state index in [1.54, 1.807) is 0 Å². The summed E-state index contributed by atoms with van der Waals surface area (Å²) in [5.41, 5.74) is -1.31. The molecule has 1 aliphatic rings. The van der Waals surface area contributed by atoms with Gasteiger partial charge in [-0.15, -0.1) is 0 Å². The van der Waals surface area contributed by atoms with E-state index >= 15 is 0 Å². The van der Waals surface area contributed by atoms with Gasteiger partial charge in [0, 0.05) is 5.69 Å². The highest BCUT2D eigenvalue weighted by Crippen LogP contribution is 2.30. The fourth-order valence-electron chi connectivity index (χ4n) is 1.98. The Morgan fingerprint density at radius 1 is 1.35 bits per heavy atom. The van der Waals surface area contributed by atoms with E-state index in [4.69, 9.17) is 0 Å². The molecular weight excluding hydrogens is 273 g/mol.